The normalized spacial score (nSPS) is 14.5. The zero-order chi connectivity index (χ0) is 18.1. The van der Waals surface area contributed by atoms with Crippen LogP contribution in [0.5, 0.6) is 0 Å². The average Bonchev–Trinajstić information content (AvgIpc) is 3.23. The van der Waals surface area contributed by atoms with E-state index in [0.717, 1.165) is 43.7 Å². The molecule has 0 unspecified atom stereocenters. The molecule has 0 fully saturated rings. The number of aromatic nitrogens is 3. The summed E-state index contributed by atoms with van der Waals surface area (Å²) >= 11 is 0. The Labute approximate surface area is 152 Å². The lowest BCUT2D eigenvalue weighted by Gasteiger charge is -2.27. The van der Waals surface area contributed by atoms with Crippen molar-refractivity contribution in [2.24, 2.45) is 0 Å². The Kier molecular flexibility index (Phi) is 4.51. The predicted octanol–water partition coefficient (Wildman–Crippen LogP) is 3.12. The number of H-pyrrole nitrogens is 1. The van der Waals surface area contributed by atoms with Crippen molar-refractivity contribution in [2.75, 3.05) is 13.2 Å². The number of esters is 1. The zero-order valence-corrected chi connectivity index (χ0v) is 15.3. The molecular weight excluding hydrogens is 328 g/mol. The van der Waals surface area contributed by atoms with Crippen molar-refractivity contribution in [3.8, 4) is 0 Å². The second-order valence-corrected chi connectivity index (χ2v) is 6.63. The summed E-state index contributed by atoms with van der Waals surface area (Å²) in [6, 6.07) is 8.35. The van der Waals surface area contributed by atoms with Gasteiger partial charge in [-0.05, 0) is 25.5 Å². The monoisotopic (exact) mass is 352 g/mol. The number of ether oxygens (including phenoxy) is 1. The van der Waals surface area contributed by atoms with Crippen LogP contribution in [0.2, 0.25) is 0 Å². The van der Waals surface area contributed by atoms with Crippen LogP contribution in [-0.4, -0.2) is 38.8 Å². The van der Waals surface area contributed by atoms with Gasteiger partial charge in [0.15, 0.2) is 5.69 Å². The van der Waals surface area contributed by atoms with E-state index in [1.807, 2.05) is 17.7 Å². The van der Waals surface area contributed by atoms with Crippen LogP contribution in [-0.2, 0) is 30.8 Å². The SMILES string of the molecule is CCOC(=O)c1nn(CC)c2c1CN(Cc1c[nH]c3ccccc13)CC2. The van der Waals surface area contributed by atoms with E-state index >= 15 is 0 Å². The number of rotatable bonds is 5. The number of fused-ring (bicyclic) bond motifs is 2. The molecule has 0 bridgehead atoms. The number of carbonyl (C=O) groups is 1. The molecule has 0 saturated heterocycles. The van der Waals surface area contributed by atoms with Crippen molar-refractivity contribution in [1.29, 1.82) is 0 Å². The maximum absolute atomic E-state index is 12.3. The van der Waals surface area contributed by atoms with Crippen molar-refractivity contribution in [2.45, 2.75) is 39.9 Å². The minimum Gasteiger partial charge on any atom is -0.461 e. The minimum atomic E-state index is -0.315. The van der Waals surface area contributed by atoms with Crippen molar-refractivity contribution in [1.82, 2.24) is 19.7 Å². The number of hydrogen-bond acceptors (Lipinski definition) is 4. The number of aromatic amines is 1. The Bertz CT molecular complexity index is 941. The Morgan fingerprint density at radius 1 is 1.31 bits per heavy atom. The number of nitrogens with zero attached hydrogens (tertiary/aromatic N) is 3. The van der Waals surface area contributed by atoms with Gasteiger partial charge in [0.2, 0.25) is 0 Å². The fourth-order valence-electron chi connectivity index (χ4n) is 3.81. The van der Waals surface area contributed by atoms with E-state index in [-0.39, 0.29) is 5.97 Å². The summed E-state index contributed by atoms with van der Waals surface area (Å²) in [5.74, 6) is -0.315. The van der Waals surface area contributed by atoms with Gasteiger partial charge in [-0.25, -0.2) is 4.79 Å². The molecule has 0 atom stereocenters. The average molecular weight is 352 g/mol. The summed E-state index contributed by atoms with van der Waals surface area (Å²) in [4.78, 5) is 18.0. The van der Waals surface area contributed by atoms with Crippen LogP contribution in [0.15, 0.2) is 30.5 Å². The molecule has 1 N–H and O–H groups in total. The Morgan fingerprint density at radius 3 is 2.96 bits per heavy atom. The highest BCUT2D eigenvalue weighted by atomic mass is 16.5. The molecule has 0 radical (unpaired) electrons. The first-order valence-corrected chi connectivity index (χ1v) is 9.24. The van der Waals surface area contributed by atoms with Crippen molar-refractivity contribution in [3.63, 3.8) is 0 Å². The molecule has 0 aliphatic carbocycles. The molecule has 26 heavy (non-hydrogen) atoms. The molecule has 0 spiro atoms. The summed E-state index contributed by atoms with van der Waals surface area (Å²) < 4.78 is 7.16. The van der Waals surface area contributed by atoms with Gasteiger partial charge >= 0.3 is 5.97 Å². The molecule has 1 aromatic carbocycles. The number of aryl methyl sites for hydroxylation is 1. The molecule has 0 amide bonds. The molecular formula is C20H24N4O2. The van der Waals surface area contributed by atoms with Crippen LogP contribution in [0.3, 0.4) is 0 Å². The summed E-state index contributed by atoms with van der Waals surface area (Å²) in [5, 5.41) is 5.78. The second kappa shape index (κ2) is 6.96. The van der Waals surface area contributed by atoms with Gasteiger partial charge in [-0.3, -0.25) is 9.58 Å². The summed E-state index contributed by atoms with van der Waals surface area (Å²) in [5.41, 5.74) is 5.12. The smallest absolute Gasteiger partial charge is 0.359 e. The highest BCUT2D eigenvalue weighted by Crippen LogP contribution is 2.26. The first-order valence-electron chi connectivity index (χ1n) is 9.24. The fraction of sp³-hybridized carbons (Fsp3) is 0.400. The zero-order valence-electron chi connectivity index (χ0n) is 15.3. The highest BCUT2D eigenvalue weighted by molar-refractivity contribution is 5.89. The van der Waals surface area contributed by atoms with Crippen LogP contribution >= 0.6 is 0 Å². The van der Waals surface area contributed by atoms with Gasteiger partial charge in [-0.1, -0.05) is 18.2 Å². The van der Waals surface area contributed by atoms with Crippen LogP contribution in [0.25, 0.3) is 10.9 Å². The highest BCUT2D eigenvalue weighted by Gasteiger charge is 2.28. The Morgan fingerprint density at radius 2 is 2.15 bits per heavy atom. The maximum Gasteiger partial charge on any atom is 0.359 e. The molecule has 136 valence electrons. The van der Waals surface area contributed by atoms with E-state index in [4.69, 9.17) is 4.74 Å². The predicted molar refractivity (Wildman–Crippen MR) is 100.0 cm³/mol. The molecule has 6 heteroatoms. The molecule has 1 aliphatic heterocycles. The molecule has 0 saturated carbocycles. The van der Waals surface area contributed by atoms with E-state index in [9.17, 15) is 4.79 Å². The molecule has 1 aliphatic rings. The summed E-state index contributed by atoms with van der Waals surface area (Å²) in [6.45, 7) is 7.55. The lowest BCUT2D eigenvalue weighted by Crippen LogP contribution is -2.31. The standard InChI is InChI=1S/C20H24N4O2/c1-3-24-18-9-10-23(13-16(18)19(22-24)20(25)26-4-2)12-14-11-21-17-8-6-5-7-15(14)17/h5-8,11,21H,3-4,9-10,12-13H2,1-2H3. The van der Waals surface area contributed by atoms with E-state index < -0.39 is 0 Å². The number of para-hydroxylation sites is 1. The first kappa shape index (κ1) is 16.8. The molecule has 6 nitrogen and oxygen atoms in total. The molecule has 3 heterocycles. The van der Waals surface area contributed by atoms with Crippen molar-refractivity contribution in [3.05, 3.63) is 53.0 Å². The van der Waals surface area contributed by atoms with Gasteiger partial charge in [0.25, 0.3) is 0 Å². The first-order chi connectivity index (χ1) is 12.7. The van der Waals surface area contributed by atoms with Gasteiger partial charge in [0.05, 0.1) is 6.61 Å². The molecule has 2 aromatic heterocycles. The van der Waals surface area contributed by atoms with E-state index in [1.165, 1.54) is 16.6 Å². The van der Waals surface area contributed by atoms with Crippen LogP contribution in [0, 0.1) is 0 Å². The quantitative estimate of drug-likeness (QED) is 0.717. The second-order valence-electron chi connectivity index (χ2n) is 6.63. The number of benzene rings is 1. The van der Waals surface area contributed by atoms with Crippen LogP contribution < -0.4 is 0 Å². The van der Waals surface area contributed by atoms with Gasteiger partial charge in [0.1, 0.15) is 0 Å². The topological polar surface area (TPSA) is 63.1 Å². The number of carbonyl (C=O) groups excluding carboxylic acids is 1. The van der Waals surface area contributed by atoms with Gasteiger partial charge in [0, 0.05) is 61.0 Å². The third-order valence-electron chi connectivity index (χ3n) is 5.05. The lowest BCUT2D eigenvalue weighted by atomic mass is 10.0. The summed E-state index contributed by atoms with van der Waals surface area (Å²) in [7, 11) is 0. The van der Waals surface area contributed by atoms with E-state index in [1.54, 1.807) is 0 Å². The third-order valence-corrected chi connectivity index (χ3v) is 5.05. The van der Waals surface area contributed by atoms with Gasteiger partial charge < -0.3 is 9.72 Å². The lowest BCUT2D eigenvalue weighted by molar-refractivity contribution is 0.0515. The maximum atomic E-state index is 12.3. The molecule has 3 aromatic rings. The minimum absolute atomic E-state index is 0.315. The summed E-state index contributed by atoms with van der Waals surface area (Å²) in [6.07, 6.45) is 2.99. The van der Waals surface area contributed by atoms with E-state index in [0.29, 0.717) is 12.3 Å². The number of hydrogen-bond donors (Lipinski definition) is 1. The van der Waals surface area contributed by atoms with E-state index in [2.05, 4.69) is 46.3 Å². The van der Waals surface area contributed by atoms with Gasteiger partial charge in [-0.15, -0.1) is 0 Å². The van der Waals surface area contributed by atoms with Crippen LogP contribution in [0.1, 0.15) is 41.2 Å². The Balaban J connectivity index is 1.60. The van der Waals surface area contributed by atoms with Crippen molar-refractivity contribution < 1.29 is 9.53 Å². The van der Waals surface area contributed by atoms with Crippen molar-refractivity contribution >= 4 is 16.9 Å². The van der Waals surface area contributed by atoms with Gasteiger partial charge in [-0.2, -0.15) is 5.10 Å². The largest absolute Gasteiger partial charge is 0.461 e. The Hall–Kier alpha value is -2.60. The number of nitrogens with one attached hydrogen (secondary N) is 1. The third kappa shape index (κ3) is 2.90. The molecule has 4 rings (SSSR count). The fourth-order valence-corrected chi connectivity index (χ4v) is 3.81. The van der Waals surface area contributed by atoms with Crippen LogP contribution in [0.4, 0.5) is 0 Å².